The van der Waals surface area contributed by atoms with Gasteiger partial charge in [0.2, 0.25) is 0 Å². The van der Waals surface area contributed by atoms with E-state index in [9.17, 15) is 14.7 Å². The lowest BCUT2D eigenvalue weighted by Gasteiger charge is -2.59. The van der Waals surface area contributed by atoms with Crippen molar-refractivity contribution >= 4 is 11.7 Å². The van der Waals surface area contributed by atoms with Crippen molar-refractivity contribution in [1.82, 2.24) is 0 Å². The second-order valence-corrected chi connectivity index (χ2v) is 10.00. The van der Waals surface area contributed by atoms with Crippen LogP contribution in [0.2, 0.25) is 0 Å². The number of phenols is 1. The van der Waals surface area contributed by atoms with Crippen molar-refractivity contribution in [3.05, 3.63) is 28.8 Å². The summed E-state index contributed by atoms with van der Waals surface area (Å²) in [6, 6.07) is 3.67. The number of amides is 1. The van der Waals surface area contributed by atoms with Gasteiger partial charge in [0.15, 0.2) is 0 Å². The third kappa shape index (κ3) is 2.42. The highest BCUT2D eigenvalue weighted by Gasteiger charge is 2.58. The molecule has 4 nitrogen and oxygen atoms in total. The Hall–Kier alpha value is -1.84. The molecule has 150 valence electrons. The minimum Gasteiger partial charge on any atom is -0.507 e. The van der Waals surface area contributed by atoms with E-state index in [0.717, 1.165) is 48.6 Å². The van der Waals surface area contributed by atoms with Gasteiger partial charge in [-0.15, -0.1) is 0 Å². The Balaban J connectivity index is 1.62. The number of Topliss-reactive ketones (excluding diaryl/α,β-unsaturated/α-hetero) is 1. The second kappa shape index (κ2) is 6.33. The summed E-state index contributed by atoms with van der Waals surface area (Å²) in [5, 5.41) is 11.0. The highest BCUT2D eigenvalue weighted by molar-refractivity contribution is 5.96. The number of hydrogen-bond acceptors (Lipinski definition) is 3. The molecule has 3 saturated carbocycles. The van der Waals surface area contributed by atoms with Gasteiger partial charge in [-0.25, -0.2) is 0 Å². The monoisotopic (exact) mass is 381 g/mol. The van der Waals surface area contributed by atoms with E-state index in [4.69, 9.17) is 5.73 Å². The minimum atomic E-state index is -0.593. The van der Waals surface area contributed by atoms with Crippen LogP contribution in [0.3, 0.4) is 0 Å². The van der Waals surface area contributed by atoms with Gasteiger partial charge in [-0.05, 0) is 66.9 Å². The zero-order valence-electron chi connectivity index (χ0n) is 16.7. The average Bonchev–Trinajstić information content (AvgIpc) is 2.59. The average molecular weight is 382 g/mol. The molecule has 0 radical (unpaired) electrons. The fraction of sp³-hybridized carbons (Fsp3) is 0.667. The fourth-order valence-electron chi connectivity index (χ4n) is 7.47. The third-order valence-corrected chi connectivity index (χ3v) is 9.00. The third-order valence-electron chi connectivity index (χ3n) is 9.00. The number of ketones is 1. The van der Waals surface area contributed by atoms with Gasteiger partial charge in [-0.2, -0.15) is 0 Å². The van der Waals surface area contributed by atoms with Crippen LogP contribution >= 0.6 is 0 Å². The van der Waals surface area contributed by atoms with Crippen LogP contribution in [-0.4, -0.2) is 16.8 Å². The van der Waals surface area contributed by atoms with E-state index >= 15 is 0 Å². The zero-order chi connectivity index (χ0) is 19.6. The van der Waals surface area contributed by atoms with Gasteiger partial charge < -0.3 is 10.8 Å². The van der Waals surface area contributed by atoms with Crippen molar-refractivity contribution in [2.24, 2.45) is 35.3 Å². The Morgan fingerprint density at radius 2 is 2.04 bits per heavy atom. The molecule has 1 aromatic rings. The molecule has 1 unspecified atom stereocenters. The van der Waals surface area contributed by atoms with Gasteiger partial charge >= 0.3 is 0 Å². The lowest BCUT2D eigenvalue weighted by molar-refractivity contribution is -0.128. The number of hydrogen-bond donors (Lipinski definition) is 2. The van der Waals surface area contributed by atoms with Crippen LogP contribution in [0, 0.1) is 29.6 Å². The zero-order valence-corrected chi connectivity index (χ0v) is 16.7. The second-order valence-electron chi connectivity index (χ2n) is 10.00. The van der Waals surface area contributed by atoms with Crippen LogP contribution in [0.1, 0.15) is 79.8 Å². The van der Waals surface area contributed by atoms with Gasteiger partial charge in [0.1, 0.15) is 11.5 Å². The molecule has 0 aliphatic heterocycles. The summed E-state index contributed by atoms with van der Waals surface area (Å²) in [7, 11) is 0. The number of aromatic hydroxyl groups is 1. The largest absolute Gasteiger partial charge is 0.507 e. The molecule has 4 aliphatic carbocycles. The summed E-state index contributed by atoms with van der Waals surface area (Å²) in [6.45, 7) is 2.46. The van der Waals surface area contributed by atoms with E-state index in [0.29, 0.717) is 36.4 Å². The van der Waals surface area contributed by atoms with Crippen LogP contribution in [0.15, 0.2) is 12.1 Å². The Bertz CT molecular complexity index is 842. The van der Waals surface area contributed by atoms with Gasteiger partial charge in [0.25, 0.3) is 5.91 Å². The highest BCUT2D eigenvalue weighted by atomic mass is 16.3. The van der Waals surface area contributed by atoms with E-state index in [1.807, 2.05) is 6.07 Å². The van der Waals surface area contributed by atoms with Crippen molar-refractivity contribution in [2.45, 2.75) is 70.1 Å². The normalized spacial score (nSPS) is 35.5. The molecule has 1 aromatic carbocycles. The van der Waals surface area contributed by atoms with Crippen molar-refractivity contribution in [3.63, 3.8) is 0 Å². The molecule has 0 spiro atoms. The predicted molar refractivity (Wildman–Crippen MR) is 107 cm³/mol. The molecule has 4 aliphatic rings. The summed E-state index contributed by atoms with van der Waals surface area (Å²) in [6.07, 6.45) is 9.27. The van der Waals surface area contributed by atoms with E-state index in [2.05, 4.69) is 6.92 Å². The minimum absolute atomic E-state index is 0.0497. The fourth-order valence-corrected chi connectivity index (χ4v) is 7.47. The maximum atomic E-state index is 12.6. The van der Waals surface area contributed by atoms with Crippen molar-refractivity contribution in [1.29, 1.82) is 0 Å². The molecule has 1 amide bonds. The van der Waals surface area contributed by atoms with Gasteiger partial charge in [0.05, 0.1) is 5.56 Å². The van der Waals surface area contributed by atoms with Crippen LogP contribution in [0.25, 0.3) is 0 Å². The smallest absolute Gasteiger partial charge is 0.252 e. The van der Waals surface area contributed by atoms with E-state index in [1.165, 1.54) is 19.3 Å². The highest BCUT2D eigenvalue weighted by Crippen LogP contribution is 2.63. The van der Waals surface area contributed by atoms with Crippen molar-refractivity contribution in [2.75, 3.05) is 0 Å². The van der Waals surface area contributed by atoms with Crippen LogP contribution in [0.4, 0.5) is 0 Å². The standard InChI is InChI=1S/C24H31NO3/c1-13(14-3-2-4-14)17-9-10-24-12-16(26)6-8-20(24)19(17)11-15-5-7-18(23(25)28)22(27)21(15)24/h5,7,13-14,17,19-20,27H,2-4,6,8-12H2,1H3,(H2,25,28)/t13-,17?,19-,20-,24-/m0/s1. The number of fused-ring (bicyclic) bond motifs is 1. The summed E-state index contributed by atoms with van der Waals surface area (Å²) in [5.41, 5.74) is 7.45. The summed E-state index contributed by atoms with van der Waals surface area (Å²) in [4.78, 5) is 24.4. The molecule has 5 atom stereocenters. The number of carbonyl (C=O) groups excluding carboxylic acids is 2. The summed E-state index contributed by atoms with van der Waals surface area (Å²) in [5.74, 6) is 3.11. The first kappa shape index (κ1) is 18.2. The SMILES string of the molecule is C[C@@H](C1CCC1)C1CC[C@]23CC(=O)CC[C@H]2[C@H]1Cc1ccc(C(N)=O)c(O)c13. The molecule has 3 fully saturated rings. The molecule has 28 heavy (non-hydrogen) atoms. The first-order chi connectivity index (χ1) is 13.4. The van der Waals surface area contributed by atoms with Crippen LogP contribution in [-0.2, 0) is 16.6 Å². The quantitative estimate of drug-likeness (QED) is 0.826. The lowest BCUT2D eigenvalue weighted by Crippen LogP contribution is -2.55. The van der Waals surface area contributed by atoms with Gasteiger partial charge in [-0.3, -0.25) is 9.59 Å². The number of benzene rings is 1. The summed E-state index contributed by atoms with van der Waals surface area (Å²) < 4.78 is 0. The van der Waals surface area contributed by atoms with E-state index in [-0.39, 0.29) is 16.7 Å². The molecule has 2 bridgehead atoms. The number of primary amides is 1. The first-order valence-electron chi connectivity index (χ1n) is 11.1. The molecule has 3 N–H and O–H groups in total. The van der Waals surface area contributed by atoms with Crippen LogP contribution in [0.5, 0.6) is 5.75 Å². The topological polar surface area (TPSA) is 80.4 Å². The maximum absolute atomic E-state index is 12.6. The lowest BCUT2D eigenvalue weighted by atomic mass is 9.44. The molecular weight excluding hydrogens is 350 g/mol. The van der Waals surface area contributed by atoms with E-state index in [1.54, 1.807) is 6.07 Å². The molecule has 0 saturated heterocycles. The molecule has 0 heterocycles. The number of carbonyl (C=O) groups is 2. The Morgan fingerprint density at radius 1 is 1.25 bits per heavy atom. The van der Waals surface area contributed by atoms with Crippen molar-refractivity contribution < 1.29 is 14.7 Å². The molecule has 0 aromatic heterocycles. The molecular formula is C24H31NO3. The van der Waals surface area contributed by atoms with Crippen LogP contribution < -0.4 is 5.73 Å². The predicted octanol–water partition coefficient (Wildman–Crippen LogP) is 4.12. The Kier molecular flexibility index (Phi) is 4.12. The molecule has 4 heteroatoms. The maximum Gasteiger partial charge on any atom is 0.252 e. The Labute approximate surface area is 166 Å². The number of rotatable bonds is 3. The van der Waals surface area contributed by atoms with Gasteiger partial charge in [0, 0.05) is 23.8 Å². The van der Waals surface area contributed by atoms with E-state index < -0.39 is 5.91 Å². The van der Waals surface area contributed by atoms with Gasteiger partial charge in [-0.1, -0.05) is 32.3 Å². The number of nitrogens with two attached hydrogens (primary N) is 1. The molecule has 5 rings (SSSR count). The van der Waals surface area contributed by atoms with Crippen molar-refractivity contribution in [3.8, 4) is 5.75 Å². The summed E-state index contributed by atoms with van der Waals surface area (Å²) >= 11 is 0. The first-order valence-corrected chi connectivity index (χ1v) is 11.1. The Morgan fingerprint density at radius 3 is 2.71 bits per heavy atom.